The average molecular weight is 331 g/mol. The fourth-order valence-electron chi connectivity index (χ4n) is 1.80. The van der Waals surface area contributed by atoms with Crippen LogP contribution in [-0.4, -0.2) is 5.11 Å². The Balaban J connectivity index is 2.25. The highest BCUT2D eigenvalue weighted by Crippen LogP contribution is 2.25. The van der Waals surface area contributed by atoms with E-state index in [1.165, 1.54) is 0 Å². The predicted molar refractivity (Wildman–Crippen MR) is 69.1 cm³/mol. The lowest BCUT2D eigenvalue weighted by molar-refractivity contribution is 0.172. The van der Waals surface area contributed by atoms with Gasteiger partial charge in [-0.2, -0.15) is 0 Å². The fraction of sp³-hybridized carbons (Fsp3) is 0.143. The number of rotatable bonds is 3. The van der Waals surface area contributed by atoms with Crippen molar-refractivity contribution in [2.24, 2.45) is 0 Å². The van der Waals surface area contributed by atoms with Crippen LogP contribution in [-0.2, 0) is 6.42 Å². The van der Waals surface area contributed by atoms with Crippen LogP contribution in [0.15, 0.2) is 40.9 Å². The van der Waals surface area contributed by atoms with Gasteiger partial charge in [-0.15, -0.1) is 0 Å². The highest BCUT2D eigenvalue weighted by Gasteiger charge is 2.19. The third-order valence-corrected chi connectivity index (χ3v) is 3.24. The van der Waals surface area contributed by atoms with Crippen LogP contribution in [0.1, 0.15) is 17.2 Å². The lowest BCUT2D eigenvalue weighted by Gasteiger charge is -2.13. The SMILES string of the molecule is OC(Cc1cccc(Br)c1)c1ccc(F)c(F)c1F. The summed E-state index contributed by atoms with van der Waals surface area (Å²) in [6, 6.07) is 8.96. The van der Waals surface area contributed by atoms with Gasteiger partial charge < -0.3 is 5.11 Å². The molecule has 5 heteroatoms. The Bertz CT molecular complexity index is 601. The predicted octanol–water partition coefficient (Wildman–Crippen LogP) is 4.14. The van der Waals surface area contributed by atoms with Crippen molar-refractivity contribution in [3.63, 3.8) is 0 Å². The quantitative estimate of drug-likeness (QED) is 0.838. The van der Waals surface area contributed by atoms with E-state index in [-0.39, 0.29) is 12.0 Å². The summed E-state index contributed by atoms with van der Waals surface area (Å²) in [6.45, 7) is 0. The van der Waals surface area contributed by atoms with Crippen LogP contribution in [0.25, 0.3) is 0 Å². The molecule has 0 spiro atoms. The van der Waals surface area contributed by atoms with Gasteiger partial charge in [0, 0.05) is 16.5 Å². The summed E-state index contributed by atoms with van der Waals surface area (Å²) in [7, 11) is 0. The van der Waals surface area contributed by atoms with Crippen LogP contribution in [0.2, 0.25) is 0 Å². The first kappa shape index (κ1) is 14.1. The summed E-state index contributed by atoms with van der Waals surface area (Å²) in [5.41, 5.74) is 0.505. The molecule has 1 nitrogen and oxygen atoms in total. The first-order valence-corrected chi connectivity index (χ1v) is 6.34. The fourth-order valence-corrected chi connectivity index (χ4v) is 2.24. The van der Waals surface area contributed by atoms with Gasteiger partial charge in [-0.3, -0.25) is 0 Å². The minimum atomic E-state index is -1.56. The zero-order valence-corrected chi connectivity index (χ0v) is 11.3. The summed E-state index contributed by atoms with van der Waals surface area (Å²) >= 11 is 3.28. The smallest absolute Gasteiger partial charge is 0.194 e. The van der Waals surface area contributed by atoms with Gasteiger partial charge in [-0.05, 0) is 23.8 Å². The van der Waals surface area contributed by atoms with Gasteiger partial charge in [-0.1, -0.05) is 34.1 Å². The molecule has 100 valence electrons. The number of benzene rings is 2. The van der Waals surface area contributed by atoms with E-state index in [9.17, 15) is 18.3 Å². The Morgan fingerprint density at radius 3 is 2.47 bits per heavy atom. The van der Waals surface area contributed by atoms with Crippen molar-refractivity contribution in [1.82, 2.24) is 0 Å². The Labute approximate surface area is 116 Å². The van der Waals surface area contributed by atoms with Gasteiger partial charge in [-0.25, -0.2) is 13.2 Å². The molecule has 2 aromatic rings. The molecule has 2 aromatic carbocycles. The molecule has 0 fully saturated rings. The third-order valence-electron chi connectivity index (χ3n) is 2.74. The van der Waals surface area contributed by atoms with Crippen molar-refractivity contribution >= 4 is 15.9 Å². The molecule has 2 rings (SSSR count). The van der Waals surface area contributed by atoms with E-state index in [1.54, 1.807) is 18.2 Å². The van der Waals surface area contributed by atoms with Crippen molar-refractivity contribution in [2.45, 2.75) is 12.5 Å². The molecule has 0 saturated heterocycles. The minimum absolute atomic E-state index is 0.113. The molecule has 0 aliphatic carbocycles. The standard InChI is InChI=1S/C14H10BrF3O/c15-9-3-1-2-8(6-9)7-12(19)10-4-5-11(16)14(18)13(10)17/h1-6,12,19H,7H2. The van der Waals surface area contributed by atoms with Crippen molar-refractivity contribution < 1.29 is 18.3 Å². The van der Waals surface area contributed by atoms with E-state index in [4.69, 9.17) is 0 Å². The summed E-state index contributed by atoms with van der Waals surface area (Å²) < 4.78 is 40.2. The Kier molecular flexibility index (Phi) is 4.27. The Morgan fingerprint density at radius 1 is 1.05 bits per heavy atom. The molecule has 0 saturated carbocycles. The number of hydrogen-bond donors (Lipinski definition) is 1. The summed E-state index contributed by atoms with van der Waals surface area (Å²) in [5.74, 6) is -4.18. The van der Waals surface area contributed by atoms with E-state index in [1.807, 2.05) is 6.07 Å². The summed E-state index contributed by atoms with van der Waals surface area (Å²) in [6.07, 6.45) is -1.12. The zero-order valence-electron chi connectivity index (χ0n) is 9.71. The first-order valence-electron chi connectivity index (χ1n) is 5.55. The van der Waals surface area contributed by atoms with Gasteiger partial charge in [0.2, 0.25) is 0 Å². The highest BCUT2D eigenvalue weighted by atomic mass is 79.9. The third kappa shape index (κ3) is 3.16. The number of aliphatic hydroxyl groups is 1. The van der Waals surface area contributed by atoms with Crippen molar-refractivity contribution in [1.29, 1.82) is 0 Å². The van der Waals surface area contributed by atoms with Gasteiger partial charge in [0.05, 0.1) is 6.10 Å². The molecule has 1 unspecified atom stereocenters. The van der Waals surface area contributed by atoms with Crippen LogP contribution in [0.5, 0.6) is 0 Å². The highest BCUT2D eigenvalue weighted by molar-refractivity contribution is 9.10. The largest absolute Gasteiger partial charge is 0.388 e. The maximum Gasteiger partial charge on any atom is 0.194 e. The van der Waals surface area contributed by atoms with E-state index >= 15 is 0 Å². The molecule has 0 aliphatic rings. The van der Waals surface area contributed by atoms with Crippen LogP contribution in [0.3, 0.4) is 0 Å². The maximum atomic E-state index is 13.5. The number of halogens is 4. The molecule has 1 atom stereocenters. The second kappa shape index (κ2) is 5.75. The van der Waals surface area contributed by atoms with Crippen LogP contribution in [0.4, 0.5) is 13.2 Å². The lowest BCUT2D eigenvalue weighted by atomic mass is 10.0. The average Bonchev–Trinajstić information content (AvgIpc) is 2.36. The van der Waals surface area contributed by atoms with E-state index in [2.05, 4.69) is 15.9 Å². The molecule has 0 aliphatic heterocycles. The van der Waals surface area contributed by atoms with Gasteiger partial charge in [0.1, 0.15) is 0 Å². The van der Waals surface area contributed by atoms with Crippen LogP contribution >= 0.6 is 15.9 Å². The molecule has 19 heavy (non-hydrogen) atoms. The number of aliphatic hydroxyl groups excluding tert-OH is 1. The van der Waals surface area contributed by atoms with Crippen molar-refractivity contribution in [3.8, 4) is 0 Å². The molecule has 1 N–H and O–H groups in total. The molecule has 0 bridgehead atoms. The maximum absolute atomic E-state index is 13.5. The topological polar surface area (TPSA) is 20.2 Å². The van der Waals surface area contributed by atoms with Crippen LogP contribution in [0, 0.1) is 17.5 Å². The normalized spacial score (nSPS) is 12.5. The van der Waals surface area contributed by atoms with Crippen molar-refractivity contribution in [2.75, 3.05) is 0 Å². The Morgan fingerprint density at radius 2 is 1.79 bits per heavy atom. The van der Waals surface area contributed by atoms with Crippen molar-refractivity contribution in [3.05, 3.63) is 69.4 Å². The molecule has 0 heterocycles. The van der Waals surface area contributed by atoms with Crippen LogP contribution < -0.4 is 0 Å². The van der Waals surface area contributed by atoms with Gasteiger partial charge >= 0.3 is 0 Å². The monoisotopic (exact) mass is 330 g/mol. The lowest BCUT2D eigenvalue weighted by Crippen LogP contribution is -2.07. The van der Waals surface area contributed by atoms with E-state index in [0.29, 0.717) is 0 Å². The zero-order chi connectivity index (χ0) is 14.0. The Hall–Kier alpha value is -1.33. The molecular formula is C14H10BrF3O. The summed E-state index contributed by atoms with van der Waals surface area (Å²) in [5, 5.41) is 9.92. The van der Waals surface area contributed by atoms with E-state index in [0.717, 1.165) is 22.2 Å². The first-order chi connectivity index (χ1) is 8.99. The second-order valence-corrected chi connectivity index (χ2v) is 5.03. The molecule has 0 amide bonds. The molecule has 0 aromatic heterocycles. The number of hydrogen-bond acceptors (Lipinski definition) is 1. The molecule has 0 radical (unpaired) electrons. The van der Waals surface area contributed by atoms with Gasteiger partial charge in [0.25, 0.3) is 0 Å². The minimum Gasteiger partial charge on any atom is -0.388 e. The second-order valence-electron chi connectivity index (χ2n) is 4.11. The molecular weight excluding hydrogens is 321 g/mol. The summed E-state index contributed by atoms with van der Waals surface area (Å²) in [4.78, 5) is 0. The van der Waals surface area contributed by atoms with E-state index < -0.39 is 23.6 Å². The van der Waals surface area contributed by atoms with Gasteiger partial charge in [0.15, 0.2) is 17.5 Å².